The Labute approximate surface area is 188 Å². The van der Waals surface area contributed by atoms with Gasteiger partial charge >= 0.3 is 0 Å². The number of benzene rings is 2. The van der Waals surface area contributed by atoms with Gasteiger partial charge in [-0.3, -0.25) is 0 Å². The van der Waals surface area contributed by atoms with E-state index >= 15 is 0 Å². The number of fused-ring (bicyclic) bond motifs is 2. The van der Waals surface area contributed by atoms with Crippen LogP contribution in [0.3, 0.4) is 0 Å². The van der Waals surface area contributed by atoms with Gasteiger partial charge in [-0.05, 0) is 24.3 Å². The van der Waals surface area contributed by atoms with Gasteiger partial charge in [0.2, 0.25) is 5.95 Å². The van der Waals surface area contributed by atoms with Gasteiger partial charge in [0.1, 0.15) is 26.0 Å². The number of rotatable bonds is 4. The van der Waals surface area contributed by atoms with Crippen LogP contribution in [0.2, 0.25) is 0 Å². The van der Waals surface area contributed by atoms with E-state index in [1.165, 1.54) is 0 Å². The lowest BCUT2D eigenvalue weighted by atomic mass is 9.93. The molecule has 5 rings (SSSR count). The first kappa shape index (κ1) is 20.3. The molecular weight excluding hydrogens is 405 g/mol. The highest BCUT2D eigenvalue weighted by Crippen LogP contribution is 2.33. The predicted octanol–water partition coefficient (Wildman–Crippen LogP) is 1.49. The van der Waals surface area contributed by atoms with E-state index in [0.717, 1.165) is 48.8 Å². The molecule has 162 valence electrons. The summed E-state index contributed by atoms with van der Waals surface area (Å²) in [7, 11) is 7.62. The van der Waals surface area contributed by atoms with E-state index in [0.29, 0.717) is 35.1 Å². The highest BCUT2D eigenvalue weighted by molar-refractivity contribution is 6.35. The molecule has 2 aliphatic rings. The minimum atomic E-state index is -0.207. The van der Waals surface area contributed by atoms with Crippen LogP contribution in [0.5, 0.6) is 17.2 Å². The largest absolute Gasteiger partial charge is 0.497 e. The maximum atomic E-state index is 6.22. The summed E-state index contributed by atoms with van der Waals surface area (Å²) in [6.07, 6.45) is -0.207. The fraction of sp³-hybridized carbons (Fsp3) is 0.304. The van der Waals surface area contributed by atoms with E-state index in [4.69, 9.17) is 32.8 Å². The zero-order valence-corrected chi connectivity index (χ0v) is 18.0. The average Bonchev–Trinajstić information content (AvgIpc) is 2.83. The van der Waals surface area contributed by atoms with Crippen molar-refractivity contribution >= 4 is 36.0 Å². The first-order valence-corrected chi connectivity index (χ1v) is 10.5. The Hall–Kier alpha value is -3.62. The van der Waals surface area contributed by atoms with Crippen molar-refractivity contribution < 1.29 is 14.2 Å². The Kier molecular flexibility index (Phi) is 5.17. The molecule has 1 fully saturated rings. The number of hydrogen-bond donors (Lipinski definition) is 1. The van der Waals surface area contributed by atoms with Crippen LogP contribution >= 0.6 is 0 Å². The van der Waals surface area contributed by atoms with E-state index in [9.17, 15) is 0 Å². The molecule has 2 N–H and O–H groups in total. The van der Waals surface area contributed by atoms with Gasteiger partial charge in [-0.15, -0.1) is 0 Å². The molecule has 0 saturated carbocycles. The molecule has 1 atom stereocenters. The topological polar surface area (TPSA) is 86.0 Å². The lowest BCUT2D eigenvalue weighted by Crippen LogP contribution is -2.49. The van der Waals surface area contributed by atoms with Crippen LogP contribution in [-0.2, 0) is 0 Å². The lowest BCUT2D eigenvalue weighted by Gasteiger charge is -2.40. The molecular formula is C23H24BN5O3. The second-order valence-electron chi connectivity index (χ2n) is 7.85. The van der Waals surface area contributed by atoms with E-state index < -0.39 is 0 Å². The summed E-state index contributed by atoms with van der Waals surface area (Å²) in [6.45, 7) is 7.74. The predicted molar refractivity (Wildman–Crippen MR) is 125 cm³/mol. The van der Waals surface area contributed by atoms with Crippen LogP contribution in [0.4, 0.5) is 11.8 Å². The van der Waals surface area contributed by atoms with E-state index in [2.05, 4.69) is 21.4 Å². The van der Waals surface area contributed by atoms with Crippen LogP contribution in [0.1, 0.15) is 0 Å². The van der Waals surface area contributed by atoms with Gasteiger partial charge in [0.15, 0.2) is 17.6 Å². The van der Waals surface area contributed by atoms with Crippen molar-refractivity contribution in [3.63, 3.8) is 0 Å². The fourth-order valence-electron chi connectivity index (χ4n) is 4.08. The summed E-state index contributed by atoms with van der Waals surface area (Å²) in [4.78, 5) is 13.6. The highest BCUT2D eigenvalue weighted by Gasteiger charge is 2.29. The van der Waals surface area contributed by atoms with Crippen molar-refractivity contribution in [3.8, 4) is 17.2 Å². The van der Waals surface area contributed by atoms with Gasteiger partial charge in [-0.1, -0.05) is 24.2 Å². The minimum absolute atomic E-state index is 0.207. The van der Waals surface area contributed by atoms with E-state index in [1.54, 1.807) is 19.2 Å². The van der Waals surface area contributed by atoms with Gasteiger partial charge in [-0.25, -0.2) is 4.98 Å². The lowest BCUT2D eigenvalue weighted by molar-refractivity contribution is 0.0902. The zero-order chi connectivity index (χ0) is 22.2. The molecule has 2 aromatic carbocycles. The number of ether oxygens (including phenoxy) is 3. The number of methoxy groups -OCH3 is 1. The second-order valence-corrected chi connectivity index (χ2v) is 7.85. The Morgan fingerprint density at radius 2 is 1.91 bits per heavy atom. The fourth-order valence-corrected chi connectivity index (χ4v) is 4.08. The molecule has 0 aliphatic carbocycles. The van der Waals surface area contributed by atoms with Crippen LogP contribution in [0, 0.1) is 0 Å². The summed E-state index contributed by atoms with van der Waals surface area (Å²) in [5.41, 5.74) is 8.35. The molecule has 8 nitrogen and oxygen atoms in total. The van der Waals surface area contributed by atoms with Crippen molar-refractivity contribution in [3.05, 3.63) is 48.7 Å². The molecule has 3 aromatic rings. The molecule has 9 heteroatoms. The number of nitrogens with zero attached hydrogens (tertiary/aromatic N) is 4. The van der Waals surface area contributed by atoms with Crippen LogP contribution < -0.4 is 30.3 Å². The molecule has 1 saturated heterocycles. The Morgan fingerprint density at radius 1 is 1.16 bits per heavy atom. The smallest absolute Gasteiger partial charge is 0.228 e. The summed E-state index contributed by atoms with van der Waals surface area (Å²) in [5.74, 6) is 3.08. The van der Waals surface area contributed by atoms with E-state index in [-0.39, 0.29) is 6.10 Å². The third-order valence-corrected chi connectivity index (χ3v) is 5.91. The minimum Gasteiger partial charge on any atom is -0.497 e. The molecule has 1 aromatic heterocycles. The van der Waals surface area contributed by atoms with E-state index in [1.807, 2.05) is 24.3 Å². The van der Waals surface area contributed by atoms with Crippen molar-refractivity contribution in [2.24, 2.45) is 0 Å². The van der Waals surface area contributed by atoms with Crippen LogP contribution in [0.15, 0.2) is 48.7 Å². The number of para-hydroxylation sites is 2. The first-order chi connectivity index (χ1) is 15.5. The monoisotopic (exact) mass is 429 g/mol. The van der Waals surface area contributed by atoms with Crippen LogP contribution in [-0.4, -0.2) is 68.7 Å². The average molecular weight is 429 g/mol. The van der Waals surface area contributed by atoms with Crippen molar-refractivity contribution in [2.75, 3.05) is 50.5 Å². The summed E-state index contributed by atoms with van der Waals surface area (Å²) in [5, 5.41) is 0.724. The normalized spacial score (nSPS) is 18.0. The number of hydrogen-bond acceptors (Lipinski definition) is 8. The maximum Gasteiger partial charge on any atom is 0.228 e. The molecule has 2 aliphatic heterocycles. The maximum absolute atomic E-state index is 6.22. The SMILES string of the molecule is [B]c1cc2nc(N3CCN(C(=C)C4COc5ccccc5O4)CC3)nc(N)c2cc1OC. The number of piperazine rings is 1. The van der Waals surface area contributed by atoms with Crippen LogP contribution in [0.25, 0.3) is 10.9 Å². The Bertz CT molecular complexity index is 1180. The number of nitrogen functional groups attached to an aromatic ring is 1. The molecule has 0 bridgehead atoms. The van der Waals surface area contributed by atoms with Crippen molar-refractivity contribution in [1.29, 1.82) is 0 Å². The second kappa shape index (κ2) is 8.14. The van der Waals surface area contributed by atoms with Crippen molar-refractivity contribution in [2.45, 2.75) is 6.10 Å². The molecule has 0 amide bonds. The summed E-state index contributed by atoms with van der Waals surface area (Å²) in [6, 6.07) is 11.2. The third kappa shape index (κ3) is 3.64. The van der Waals surface area contributed by atoms with Crippen molar-refractivity contribution in [1.82, 2.24) is 14.9 Å². The van der Waals surface area contributed by atoms with Gasteiger partial charge in [-0.2, -0.15) is 4.98 Å². The van der Waals surface area contributed by atoms with Gasteiger partial charge in [0, 0.05) is 31.6 Å². The Morgan fingerprint density at radius 3 is 2.66 bits per heavy atom. The number of nitrogens with two attached hydrogens (primary N) is 1. The zero-order valence-electron chi connectivity index (χ0n) is 18.0. The van der Waals surface area contributed by atoms with Gasteiger partial charge < -0.3 is 29.7 Å². The Balaban J connectivity index is 1.27. The quantitative estimate of drug-likeness (QED) is 0.625. The summed E-state index contributed by atoms with van der Waals surface area (Å²) >= 11 is 0. The molecule has 1 unspecified atom stereocenters. The molecule has 0 spiro atoms. The number of aromatic nitrogens is 2. The molecule has 2 radical (unpaired) electrons. The highest BCUT2D eigenvalue weighted by atomic mass is 16.6. The molecule has 3 heterocycles. The molecule has 32 heavy (non-hydrogen) atoms. The number of anilines is 2. The third-order valence-electron chi connectivity index (χ3n) is 5.91. The first-order valence-electron chi connectivity index (χ1n) is 10.5. The summed E-state index contributed by atoms with van der Waals surface area (Å²) < 4.78 is 17.2. The standard InChI is InChI=1S/C23H24BN5O3/c1-14(21-13-31-18-5-3-4-6-19(18)32-21)28-7-9-29(10-8-28)23-26-17-12-16(24)20(30-2)11-15(17)22(25)27-23/h3-6,11-12,21H,1,7-10,13H2,2H3,(H2,25,26,27). The van der Waals surface area contributed by atoms with Gasteiger partial charge in [0.25, 0.3) is 0 Å². The van der Waals surface area contributed by atoms with Gasteiger partial charge in [0.05, 0.1) is 18.3 Å².